The SMILES string of the molecule is Cc1cccc(NC(=O)NC2(C(F)(F)F)Oc3ccccc3O2)c1C. The quantitative estimate of drug-likeness (QED) is 0.855. The third-order valence-corrected chi connectivity index (χ3v) is 3.86. The average molecular weight is 352 g/mol. The number of hydrogen-bond donors (Lipinski definition) is 2. The largest absolute Gasteiger partial charge is 0.492 e. The Bertz CT molecular complexity index is 796. The van der Waals surface area contributed by atoms with Crippen LogP contribution < -0.4 is 20.1 Å². The second-order valence-corrected chi connectivity index (χ2v) is 5.59. The molecular weight excluding hydrogens is 337 g/mol. The van der Waals surface area contributed by atoms with Crippen molar-refractivity contribution in [1.29, 1.82) is 0 Å². The van der Waals surface area contributed by atoms with Crippen molar-refractivity contribution in [3.8, 4) is 11.5 Å². The maximum atomic E-state index is 13.5. The minimum Gasteiger partial charge on any atom is -0.424 e. The maximum Gasteiger partial charge on any atom is 0.492 e. The summed E-state index contributed by atoms with van der Waals surface area (Å²) in [6.45, 7) is 3.58. The Kier molecular flexibility index (Phi) is 3.98. The van der Waals surface area contributed by atoms with E-state index in [0.29, 0.717) is 5.69 Å². The summed E-state index contributed by atoms with van der Waals surface area (Å²) < 4.78 is 50.4. The summed E-state index contributed by atoms with van der Waals surface area (Å²) in [5.41, 5.74) is 2.03. The summed E-state index contributed by atoms with van der Waals surface area (Å²) in [6.07, 6.45) is -5.00. The van der Waals surface area contributed by atoms with E-state index in [1.54, 1.807) is 24.4 Å². The number of fused-ring (bicyclic) bond motifs is 1. The highest BCUT2D eigenvalue weighted by Crippen LogP contribution is 2.44. The molecule has 1 heterocycles. The van der Waals surface area contributed by atoms with Crippen molar-refractivity contribution in [1.82, 2.24) is 5.32 Å². The first-order valence-corrected chi connectivity index (χ1v) is 7.41. The predicted octanol–water partition coefficient (Wildman–Crippen LogP) is 4.11. The first-order chi connectivity index (χ1) is 11.7. The van der Waals surface area contributed by atoms with Gasteiger partial charge in [-0.2, -0.15) is 13.2 Å². The Morgan fingerprint density at radius 1 is 1.00 bits per heavy atom. The molecular formula is C17H15F3N2O3. The van der Waals surface area contributed by atoms with Gasteiger partial charge in [0.15, 0.2) is 11.5 Å². The molecule has 0 atom stereocenters. The van der Waals surface area contributed by atoms with Crippen molar-refractivity contribution >= 4 is 11.7 Å². The van der Waals surface area contributed by atoms with E-state index in [4.69, 9.17) is 9.47 Å². The molecule has 3 rings (SSSR count). The number of para-hydroxylation sites is 2. The second kappa shape index (κ2) is 5.87. The highest BCUT2D eigenvalue weighted by molar-refractivity contribution is 5.90. The molecule has 1 aliphatic heterocycles. The minimum atomic E-state index is -5.00. The number of halogens is 3. The zero-order valence-electron chi connectivity index (χ0n) is 13.4. The van der Waals surface area contributed by atoms with Crippen LogP contribution in [0.5, 0.6) is 11.5 Å². The standard InChI is InChI=1S/C17H15F3N2O3/c1-10-6-5-7-12(11(10)2)21-15(23)22-17(16(18,19)20)24-13-8-3-4-9-14(13)25-17/h3-9H,1-2H3,(H2,21,22,23). The number of alkyl halides is 3. The first kappa shape index (κ1) is 16.9. The van der Waals surface area contributed by atoms with Crippen LogP contribution in [0.25, 0.3) is 0 Å². The number of benzene rings is 2. The number of hydrogen-bond acceptors (Lipinski definition) is 3. The van der Waals surface area contributed by atoms with Gasteiger partial charge in [-0.25, -0.2) is 4.79 Å². The van der Waals surface area contributed by atoms with Gasteiger partial charge in [0.2, 0.25) is 0 Å². The summed E-state index contributed by atoms with van der Waals surface area (Å²) in [5.74, 6) is -3.49. The fraction of sp³-hybridized carbons (Fsp3) is 0.235. The lowest BCUT2D eigenvalue weighted by atomic mass is 10.1. The lowest BCUT2D eigenvalue weighted by Gasteiger charge is -2.29. The molecule has 1 aliphatic rings. The molecule has 2 amide bonds. The van der Waals surface area contributed by atoms with Crippen molar-refractivity contribution in [2.75, 3.05) is 5.32 Å². The van der Waals surface area contributed by atoms with E-state index in [2.05, 4.69) is 5.32 Å². The van der Waals surface area contributed by atoms with Crippen LogP contribution >= 0.6 is 0 Å². The Balaban J connectivity index is 1.83. The molecule has 5 nitrogen and oxygen atoms in total. The van der Waals surface area contributed by atoms with Crippen LogP contribution in [0, 0.1) is 13.8 Å². The summed E-state index contributed by atoms with van der Waals surface area (Å²) in [4.78, 5) is 12.2. The van der Waals surface area contributed by atoms with Crippen LogP contribution in [0.1, 0.15) is 11.1 Å². The average Bonchev–Trinajstić information content (AvgIpc) is 2.90. The summed E-state index contributed by atoms with van der Waals surface area (Å²) >= 11 is 0. The third kappa shape index (κ3) is 3.07. The number of carbonyl (C=O) groups excluding carboxylic acids is 1. The van der Waals surface area contributed by atoms with Crippen molar-refractivity contribution in [3.05, 3.63) is 53.6 Å². The summed E-state index contributed by atoms with van der Waals surface area (Å²) in [6, 6.07) is 9.67. The Hall–Kier alpha value is -2.90. The molecule has 0 aliphatic carbocycles. The number of anilines is 1. The zero-order valence-corrected chi connectivity index (χ0v) is 13.4. The van der Waals surface area contributed by atoms with Crippen molar-refractivity contribution in [2.45, 2.75) is 25.9 Å². The molecule has 8 heteroatoms. The number of ether oxygens (including phenoxy) is 2. The summed E-state index contributed by atoms with van der Waals surface area (Å²) in [5, 5.41) is 4.15. The fourth-order valence-corrected chi connectivity index (χ4v) is 2.38. The second-order valence-electron chi connectivity index (χ2n) is 5.59. The van der Waals surface area contributed by atoms with Crippen molar-refractivity contribution in [3.63, 3.8) is 0 Å². The molecule has 25 heavy (non-hydrogen) atoms. The molecule has 0 unspecified atom stereocenters. The molecule has 2 N–H and O–H groups in total. The highest BCUT2D eigenvalue weighted by atomic mass is 19.4. The van der Waals surface area contributed by atoms with E-state index in [-0.39, 0.29) is 11.5 Å². The first-order valence-electron chi connectivity index (χ1n) is 7.41. The predicted molar refractivity (Wildman–Crippen MR) is 84.6 cm³/mol. The van der Waals surface area contributed by atoms with Gasteiger partial charge in [0.1, 0.15) is 0 Å². The smallest absolute Gasteiger partial charge is 0.424 e. The Labute approximate surface area is 141 Å². The molecule has 0 bridgehead atoms. The number of aryl methyl sites for hydroxylation is 1. The van der Waals surface area contributed by atoms with Crippen molar-refractivity contribution in [2.24, 2.45) is 0 Å². The van der Waals surface area contributed by atoms with E-state index in [0.717, 1.165) is 11.1 Å². The van der Waals surface area contributed by atoms with Gasteiger partial charge in [-0.3, -0.25) is 5.32 Å². The topological polar surface area (TPSA) is 59.6 Å². The number of nitrogens with one attached hydrogen (secondary N) is 2. The Morgan fingerprint density at radius 2 is 1.60 bits per heavy atom. The molecule has 0 aromatic heterocycles. The van der Waals surface area contributed by atoms with Gasteiger partial charge in [0, 0.05) is 5.69 Å². The van der Waals surface area contributed by atoms with E-state index < -0.39 is 18.1 Å². The fourth-order valence-electron chi connectivity index (χ4n) is 2.38. The van der Waals surface area contributed by atoms with Crippen LogP contribution in [-0.2, 0) is 0 Å². The number of amides is 2. The van der Waals surface area contributed by atoms with Crippen LogP contribution in [-0.4, -0.2) is 18.1 Å². The maximum absolute atomic E-state index is 13.5. The van der Waals surface area contributed by atoms with Gasteiger partial charge in [0.05, 0.1) is 0 Å². The van der Waals surface area contributed by atoms with Gasteiger partial charge in [-0.15, -0.1) is 0 Å². The van der Waals surface area contributed by atoms with Gasteiger partial charge in [-0.1, -0.05) is 24.3 Å². The van der Waals surface area contributed by atoms with E-state index in [1.807, 2.05) is 13.0 Å². The molecule has 0 fully saturated rings. The number of carbonyl (C=O) groups is 1. The van der Waals surface area contributed by atoms with E-state index in [1.165, 1.54) is 24.3 Å². The van der Waals surface area contributed by atoms with Crippen LogP contribution in [0.2, 0.25) is 0 Å². The van der Waals surface area contributed by atoms with Crippen LogP contribution in [0.4, 0.5) is 23.7 Å². The van der Waals surface area contributed by atoms with Crippen LogP contribution in [0.3, 0.4) is 0 Å². The third-order valence-electron chi connectivity index (χ3n) is 3.86. The van der Waals surface area contributed by atoms with Gasteiger partial charge in [0.25, 0.3) is 0 Å². The number of urea groups is 1. The lowest BCUT2D eigenvalue weighted by molar-refractivity contribution is -0.317. The van der Waals surface area contributed by atoms with Crippen LogP contribution in [0.15, 0.2) is 42.5 Å². The van der Waals surface area contributed by atoms with Crippen molar-refractivity contribution < 1.29 is 27.4 Å². The highest BCUT2D eigenvalue weighted by Gasteiger charge is 2.65. The molecule has 0 radical (unpaired) electrons. The van der Waals surface area contributed by atoms with Gasteiger partial charge in [-0.05, 0) is 43.2 Å². The zero-order chi connectivity index (χ0) is 18.2. The van der Waals surface area contributed by atoms with E-state index in [9.17, 15) is 18.0 Å². The monoisotopic (exact) mass is 352 g/mol. The molecule has 0 spiro atoms. The van der Waals surface area contributed by atoms with Gasteiger partial charge >= 0.3 is 18.1 Å². The molecule has 2 aromatic rings. The molecule has 2 aromatic carbocycles. The van der Waals surface area contributed by atoms with Gasteiger partial charge < -0.3 is 14.8 Å². The van der Waals surface area contributed by atoms with E-state index >= 15 is 0 Å². The number of rotatable bonds is 2. The minimum absolute atomic E-state index is 0.105. The Morgan fingerprint density at radius 3 is 2.16 bits per heavy atom. The molecule has 132 valence electrons. The summed E-state index contributed by atoms with van der Waals surface area (Å²) in [7, 11) is 0. The molecule has 0 saturated heterocycles. The molecule has 0 saturated carbocycles. The lowest BCUT2D eigenvalue weighted by Crippen LogP contribution is -2.65. The normalized spacial score (nSPS) is 14.9.